The van der Waals surface area contributed by atoms with E-state index < -0.39 is 0 Å². The predicted octanol–water partition coefficient (Wildman–Crippen LogP) is 0.488. The van der Waals surface area contributed by atoms with Gasteiger partial charge in [0.05, 0.1) is 12.6 Å². The van der Waals surface area contributed by atoms with Gasteiger partial charge in [-0.25, -0.2) is 4.79 Å². The Morgan fingerprint density at radius 1 is 1.64 bits per heavy atom. The molecule has 1 atom stereocenters. The van der Waals surface area contributed by atoms with Crippen LogP contribution in [0.25, 0.3) is 0 Å². The molecule has 1 unspecified atom stereocenters. The van der Waals surface area contributed by atoms with Gasteiger partial charge < -0.3 is 15.4 Å². The Bertz CT molecular complexity index is 236. The smallest absolute Gasteiger partial charge is 0.315 e. The van der Waals surface area contributed by atoms with Crippen molar-refractivity contribution in [2.24, 2.45) is 0 Å². The number of hydrogen-bond donors (Lipinski definition) is 2. The Balaban J connectivity index is 2.05. The van der Waals surface area contributed by atoms with Crippen LogP contribution in [0.1, 0.15) is 19.8 Å². The van der Waals surface area contributed by atoms with E-state index in [1.165, 1.54) is 0 Å². The molecule has 0 aromatic heterocycles. The lowest BCUT2D eigenvalue weighted by molar-refractivity contribution is 0.188. The molecule has 0 radical (unpaired) electrons. The maximum absolute atomic E-state index is 11.2. The Morgan fingerprint density at radius 3 is 3.14 bits per heavy atom. The quantitative estimate of drug-likeness (QED) is 0.510. The Hall–Kier alpha value is -1.21. The van der Waals surface area contributed by atoms with E-state index in [-0.39, 0.29) is 12.1 Å². The second-order valence-corrected chi connectivity index (χ2v) is 3.14. The van der Waals surface area contributed by atoms with Gasteiger partial charge in [0.25, 0.3) is 0 Å². The van der Waals surface area contributed by atoms with Gasteiger partial charge in [0, 0.05) is 19.6 Å². The summed E-state index contributed by atoms with van der Waals surface area (Å²) in [7, 11) is 0. The van der Waals surface area contributed by atoms with Gasteiger partial charge in [-0.2, -0.15) is 0 Å². The van der Waals surface area contributed by atoms with Crippen molar-refractivity contribution in [3.8, 4) is 11.8 Å². The highest BCUT2D eigenvalue weighted by molar-refractivity contribution is 5.74. The Kier molecular flexibility index (Phi) is 4.87. The summed E-state index contributed by atoms with van der Waals surface area (Å²) in [6.07, 6.45) is 1.60. The van der Waals surface area contributed by atoms with Crippen molar-refractivity contribution in [3.63, 3.8) is 0 Å². The van der Waals surface area contributed by atoms with E-state index in [4.69, 9.17) is 4.74 Å². The first-order chi connectivity index (χ1) is 6.83. The van der Waals surface area contributed by atoms with Gasteiger partial charge >= 0.3 is 6.03 Å². The van der Waals surface area contributed by atoms with Crippen LogP contribution in [0.15, 0.2) is 0 Å². The number of ether oxygens (including phenoxy) is 1. The van der Waals surface area contributed by atoms with Crippen molar-refractivity contribution >= 4 is 6.03 Å². The molecule has 2 N–H and O–H groups in total. The van der Waals surface area contributed by atoms with Crippen LogP contribution in [-0.2, 0) is 4.74 Å². The maximum atomic E-state index is 11.2. The van der Waals surface area contributed by atoms with Crippen LogP contribution in [0.4, 0.5) is 4.79 Å². The number of carbonyl (C=O) groups excluding carboxylic acids is 1. The third-order valence-corrected chi connectivity index (χ3v) is 1.98. The zero-order chi connectivity index (χ0) is 10.2. The van der Waals surface area contributed by atoms with Crippen LogP contribution < -0.4 is 10.6 Å². The molecule has 4 nitrogen and oxygen atoms in total. The highest BCUT2D eigenvalue weighted by atomic mass is 16.5. The molecule has 1 fully saturated rings. The third-order valence-electron chi connectivity index (χ3n) is 1.98. The summed E-state index contributed by atoms with van der Waals surface area (Å²) in [5.74, 6) is 5.65. The van der Waals surface area contributed by atoms with Crippen LogP contribution >= 0.6 is 0 Å². The lowest BCUT2D eigenvalue weighted by Gasteiger charge is -2.10. The van der Waals surface area contributed by atoms with Crippen molar-refractivity contribution < 1.29 is 9.53 Å². The summed E-state index contributed by atoms with van der Waals surface area (Å²) in [4.78, 5) is 11.2. The average Bonchev–Trinajstić information content (AvgIpc) is 2.65. The van der Waals surface area contributed by atoms with Crippen LogP contribution in [0.2, 0.25) is 0 Å². The summed E-state index contributed by atoms with van der Waals surface area (Å²) in [6.45, 7) is 3.75. The predicted molar refractivity (Wildman–Crippen MR) is 53.8 cm³/mol. The van der Waals surface area contributed by atoms with E-state index in [0.29, 0.717) is 19.6 Å². The Morgan fingerprint density at radius 2 is 2.50 bits per heavy atom. The molecular formula is C10H16N2O2. The zero-order valence-electron chi connectivity index (χ0n) is 8.43. The maximum Gasteiger partial charge on any atom is 0.315 e. The number of amides is 2. The number of nitrogens with one attached hydrogen (secondary N) is 2. The summed E-state index contributed by atoms with van der Waals surface area (Å²) in [5, 5.41) is 5.57. The number of urea groups is 1. The standard InChI is InChI=1S/C10H16N2O2/c1-2-3-4-6-11-10(13)12-9-5-7-14-8-9/h9H,4-8H2,1H3,(H2,11,12,13). The number of rotatable bonds is 3. The van der Waals surface area contributed by atoms with Crippen molar-refractivity contribution in [2.75, 3.05) is 19.8 Å². The summed E-state index contributed by atoms with van der Waals surface area (Å²) >= 11 is 0. The second kappa shape index (κ2) is 6.28. The normalized spacial score (nSPS) is 19.6. The van der Waals surface area contributed by atoms with Gasteiger partial charge in [-0.05, 0) is 13.3 Å². The molecule has 0 spiro atoms. The van der Waals surface area contributed by atoms with E-state index in [1.807, 2.05) is 0 Å². The van der Waals surface area contributed by atoms with Gasteiger partial charge in [-0.15, -0.1) is 11.8 Å². The first-order valence-electron chi connectivity index (χ1n) is 4.84. The molecule has 78 valence electrons. The lowest BCUT2D eigenvalue weighted by Crippen LogP contribution is -2.42. The fourth-order valence-corrected chi connectivity index (χ4v) is 1.25. The first-order valence-corrected chi connectivity index (χ1v) is 4.84. The molecular weight excluding hydrogens is 180 g/mol. The second-order valence-electron chi connectivity index (χ2n) is 3.14. The highest BCUT2D eigenvalue weighted by Crippen LogP contribution is 2.02. The molecule has 0 aromatic rings. The molecule has 2 amide bonds. The molecule has 1 aliphatic heterocycles. The molecule has 4 heteroatoms. The minimum atomic E-state index is -0.126. The fourth-order valence-electron chi connectivity index (χ4n) is 1.25. The minimum absolute atomic E-state index is 0.126. The van der Waals surface area contributed by atoms with Crippen molar-refractivity contribution in [1.82, 2.24) is 10.6 Å². The molecule has 0 bridgehead atoms. The molecule has 0 saturated carbocycles. The van der Waals surface area contributed by atoms with Gasteiger partial charge in [0.15, 0.2) is 0 Å². The van der Waals surface area contributed by atoms with Crippen molar-refractivity contribution in [2.45, 2.75) is 25.8 Å². The first kappa shape index (κ1) is 10.9. The lowest BCUT2D eigenvalue weighted by atomic mass is 10.3. The van der Waals surface area contributed by atoms with E-state index in [9.17, 15) is 4.79 Å². The topological polar surface area (TPSA) is 50.4 Å². The van der Waals surface area contributed by atoms with Crippen LogP contribution in [0, 0.1) is 11.8 Å². The van der Waals surface area contributed by atoms with Gasteiger partial charge in [-0.3, -0.25) is 0 Å². The molecule has 1 saturated heterocycles. The molecule has 14 heavy (non-hydrogen) atoms. The van der Waals surface area contributed by atoms with Crippen molar-refractivity contribution in [3.05, 3.63) is 0 Å². The SMILES string of the molecule is CC#CCCNC(=O)NC1CCOC1. The molecule has 0 aliphatic carbocycles. The number of hydrogen-bond acceptors (Lipinski definition) is 2. The van der Waals surface area contributed by atoms with Crippen LogP contribution in [0.3, 0.4) is 0 Å². The summed E-state index contributed by atoms with van der Waals surface area (Å²) in [5.41, 5.74) is 0. The Labute approximate surface area is 84.4 Å². The monoisotopic (exact) mass is 196 g/mol. The van der Waals surface area contributed by atoms with Gasteiger partial charge in [0.2, 0.25) is 0 Å². The fraction of sp³-hybridized carbons (Fsp3) is 0.700. The molecule has 1 heterocycles. The van der Waals surface area contributed by atoms with E-state index in [1.54, 1.807) is 6.92 Å². The van der Waals surface area contributed by atoms with Gasteiger partial charge in [0.1, 0.15) is 0 Å². The van der Waals surface area contributed by atoms with Crippen LogP contribution in [0.5, 0.6) is 0 Å². The molecule has 1 rings (SSSR count). The largest absolute Gasteiger partial charge is 0.379 e. The summed E-state index contributed by atoms with van der Waals surface area (Å²) < 4.78 is 5.14. The van der Waals surface area contributed by atoms with E-state index in [0.717, 1.165) is 13.0 Å². The van der Waals surface area contributed by atoms with Gasteiger partial charge in [-0.1, -0.05) is 0 Å². The molecule has 0 aromatic carbocycles. The van der Waals surface area contributed by atoms with Crippen molar-refractivity contribution in [1.29, 1.82) is 0 Å². The van der Waals surface area contributed by atoms with E-state index in [2.05, 4.69) is 22.5 Å². The molecule has 1 aliphatic rings. The third kappa shape index (κ3) is 4.15. The average molecular weight is 196 g/mol. The number of carbonyl (C=O) groups is 1. The zero-order valence-corrected chi connectivity index (χ0v) is 8.43. The summed E-state index contributed by atoms with van der Waals surface area (Å²) in [6, 6.07) is 0.0469. The van der Waals surface area contributed by atoms with E-state index >= 15 is 0 Å². The minimum Gasteiger partial charge on any atom is -0.379 e. The van der Waals surface area contributed by atoms with Crippen LogP contribution in [-0.4, -0.2) is 31.8 Å². The highest BCUT2D eigenvalue weighted by Gasteiger charge is 2.16.